The van der Waals surface area contributed by atoms with Crippen molar-refractivity contribution in [2.45, 2.75) is 26.7 Å². The van der Waals surface area contributed by atoms with Crippen LogP contribution in [0.3, 0.4) is 0 Å². The summed E-state index contributed by atoms with van der Waals surface area (Å²) in [5.74, 6) is 0.425. The molecule has 1 heterocycles. The molecule has 1 aliphatic rings. The Balaban J connectivity index is 2.39. The molecular formula is C8H15NO. The molecule has 0 atom stereocenters. The van der Waals surface area contributed by atoms with Crippen molar-refractivity contribution < 1.29 is 4.79 Å². The van der Waals surface area contributed by atoms with E-state index in [1.165, 1.54) is 0 Å². The van der Waals surface area contributed by atoms with Crippen molar-refractivity contribution in [3.8, 4) is 0 Å². The molecule has 0 spiro atoms. The van der Waals surface area contributed by atoms with E-state index in [0.717, 1.165) is 25.9 Å². The van der Waals surface area contributed by atoms with Crippen molar-refractivity contribution in [2.75, 3.05) is 13.1 Å². The molecule has 0 radical (unpaired) electrons. The Hall–Kier alpha value is -0.370. The van der Waals surface area contributed by atoms with Crippen molar-refractivity contribution in [3.05, 3.63) is 0 Å². The maximum Gasteiger partial charge on any atom is 0.141 e. The highest BCUT2D eigenvalue weighted by Gasteiger charge is 2.37. The average molecular weight is 141 g/mol. The second-order valence-electron chi connectivity index (χ2n) is 3.34. The monoisotopic (exact) mass is 141 g/mol. The molecule has 2 heteroatoms. The van der Waals surface area contributed by atoms with E-state index < -0.39 is 0 Å². The molecule has 0 bridgehead atoms. The van der Waals surface area contributed by atoms with Crippen LogP contribution in [0, 0.1) is 5.41 Å². The topological polar surface area (TPSA) is 29.1 Å². The van der Waals surface area contributed by atoms with Gasteiger partial charge in [-0.25, -0.2) is 0 Å². The third kappa shape index (κ3) is 1.21. The summed E-state index contributed by atoms with van der Waals surface area (Å²) < 4.78 is 0. The first-order valence-electron chi connectivity index (χ1n) is 3.93. The quantitative estimate of drug-likeness (QED) is 0.634. The summed E-state index contributed by atoms with van der Waals surface area (Å²) in [4.78, 5) is 11.3. The minimum atomic E-state index is -0.0178. The average Bonchev–Trinajstić information content (AvgIpc) is 1.83. The van der Waals surface area contributed by atoms with E-state index in [-0.39, 0.29) is 5.41 Å². The van der Waals surface area contributed by atoms with E-state index in [9.17, 15) is 4.79 Å². The van der Waals surface area contributed by atoms with Crippen LogP contribution in [-0.2, 0) is 4.79 Å². The fraction of sp³-hybridized carbons (Fsp3) is 0.875. The third-order valence-electron chi connectivity index (χ3n) is 2.18. The number of hydrogen-bond donors (Lipinski definition) is 1. The van der Waals surface area contributed by atoms with Crippen LogP contribution in [0.4, 0.5) is 0 Å². The molecule has 1 fully saturated rings. The van der Waals surface area contributed by atoms with E-state index in [1.807, 2.05) is 13.8 Å². The molecule has 1 N–H and O–H groups in total. The first-order chi connectivity index (χ1) is 4.69. The highest BCUT2D eigenvalue weighted by atomic mass is 16.1. The molecule has 0 aromatic carbocycles. The van der Waals surface area contributed by atoms with E-state index in [0.29, 0.717) is 5.78 Å². The molecule has 0 aromatic rings. The SMILES string of the molecule is CCCC(=O)C1(C)CNC1. The minimum Gasteiger partial charge on any atom is -0.315 e. The Labute approximate surface area is 62.0 Å². The van der Waals surface area contributed by atoms with Crippen LogP contribution in [0.2, 0.25) is 0 Å². The number of hydrogen-bond acceptors (Lipinski definition) is 2. The van der Waals surface area contributed by atoms with Crippen molar-refractivity contribution >= 4 is 5.78 Å². The zero-order chi connectivity index (χ0) is 7.61. The number of ketones is 1. The molecule has 1 rings (SSSR count). The van der Waals surface area contributed by atoms with Crippen LogP contribution in [-0.4, -0.2) is 18.9 Å². The van der Waals surface area contributed by atoms with E-state index in [2.05, 4.69) is 5.32 Å². The smallest absolute Gasteiger partial charge is 0.141 e. The third-order valence-corrected chi connectivity index (χ3v) is 2.18. The zero-order valence-corrected chi connectivity index (χ0v) is 6.74. The number of rotatable bonds is 3. The van der Waals surface area contributed by atoms with Gasteiger partial charge in [-0.2, -0.15) is 0 Å². The van der Waals surface area contributed by atoms with Gasteiger partial charge in [-0.05, 0) is 6.42 Å². The maximum atomic E-state index is 11.3. The lowest BCUT2D eigenvalue weighted by atomic mass is 9.78. The largest absolute Gasteiger partial charge is 0.315 e. The number of nitrogens with one attached hydrogen (secondary N) is 1. The second kappa shape index (κ2) is 2.70. The van der Waals surface area contributed by atoms with Gasteiger partial charge in [0.15, 0.2) is 0 Å². The van der Waals surface area contributed by atoms with Gasteiger partial charge in [-0.3, -0.25) is 4.79 Å². The van der Waals surface area contributed by atoms with Gasteiger partial charge in [0.05, 0.1) is 5.41 Å². The van der Waals surface area contributed by atoms with Crippen LogP contribution >= 0.6 is 0 Å². The molecule has 0 aromatic heterocycles. The first kappa shape index (κ1) is 7.73. The summed E-state index contributed by atoms with van der Waals surface area (Å²) in [6.07, 6.45) is 1.73. The fourth-order valence-electron chi connectivity index (χ4n) is 1.23. The lowest BCUT2D eigenvalue weighted by Crippen LogP contribution is -2.56. The zero-order valence-electron chi connectivity index (χ0n) is 6.74. The van der Waals surface area contributed by atoms with Gasteiger partial charge >= 0.3 is 0 Å². The normalized spacial score (nSPS) is 21.8. The Morgan fingerprint density at radius 1 is 1.60 bits per heavy atom. The van der Waals surface area contributed by atoms with Gasteiger partial charge in [0.2, 0.25) is 0 Å². The number of Topliss-reactive ketones (excluding diaryl/α,β-unsaturated/α-hetero) is 1. The highest BCUT2D eigenvalue weighted by molar-refractivity contribution is 5.85. The van der Waals surface area contributed by atoms with Gasteiger partial charge < -0.3 is 5.32 Å². The standard InChI is InChI=1S/C8H15NO/c1-3-4-7(10)8(2)5-9-6-8/h9H,3-6H2,1-2H3. The molecule has 0 saturated carbocycles. The molecule has 2 nitrogen and oxygen atoms in total. The minimum absolute atomic E-state index is 0.0178. The maximum absolute atomic E-state index is 11.3. The summed E-state index contributed by atoms with van der Waals surface area (Å²) >= 11 is 0. The van der Waals surface area contributed by atoms with Gasteiger partial charge in [0.1, 0.15) is 5.78 Å². The van der Waals surface area contributed by atoms with E-state index in [4.69, 9.17) is 0 Å². The summed E-state index contributed by atoms with van der Waals surface area (Å²) in [7, 11) is 0. The Morgan fingerprint density at radius 2 is 2.20 bits per heavy atom. The highest BCUT2D eigenvalue weighted by Crippen LogP contribution is 2.24. The summed E-state index contributed by atoms with van der Waals surface area (Å²) in [5, 5.41) is 3.12. The van der Waals surface area contributed by atoms with Gasteiger partial charge in [0, 0.05) is 19.5 Å². The number of carbonyl (C=O) groups excluding carboxylic acids is 1. The van der Waals surface area contributed by atoms with Crippen molar-refractivity contribution in [3.63, 3.8) is 0 Å². The lowest BCUT2D eigenvalue weighted by Gasteiger charge is -2.37. The molecule has 0 unspecified atom stereocenters. The van der Waals surface area contributed by atoms with Crippen LogP contribution < -0.4 is 5.32 Å². The number of carbonyl (C=O) groups is 1. The van der Waals surface area contributed by atoms with Gasteiger partial charge in [-0.1, -0.05) is 13.8 Å². The lowest BCUT2D eigenvalue weighted by molar-refractivity contribution is -0.130. The van der Waals surface area contributed by atoms with Gasteiger partial charge in [0.25, 0.3) is 0 Å². The summed E-state index contributed by atoms with van der Waals surface area (Å²) in [6.45, 7) is 5.85. The van der Waals surface area contributed by atoms with Crippen molar-refractivity contribution in [2.24, 2.45) is 5.41 Å². The molecule has 0 aliphatic carbocycles. The van der Waals surface area contributed by atoms with Crippen LogP contribution in [0.5, 0.6) is 0 Å². The van der Waals surface area contributed by atoms with Crippen molar-refractivity contribution in [1.29, 1.82) is 0 Å². The Bertz CT molecular complexity index is 138. The molecule has 0 amide bonds. The second-order valence-corrected chi connectivity index (χ2v) is 3.34. The fourth-order valence-corrected chi connectivity index (χ4v) is 1.23. The molecular weight excluding hydrogens is 126 g/mol. The van der Waals surface area contributed by atoms with Crippen LogP contribution in [0.1, 0.15) is 26.7 Å². The predicted molar refractivity (Wildman–Crippen MR) is 40.9 cm³/mol. The summed E-state index contributed by atoms with van der Waals surface area (Å²) in [5.41, 5.74) is -0.0178. The Morgan fingerprint density at radius 3 is 2.50 bits per heavy atom. The summed E-state index contributed by atoms with van der Waals surface area (Å²) in [6, 6.07) is 0. The van der Waals surface area contributed by atoms with E-state index >= 15 is 0 Å². The molecule has 58 valence electrons. The first-order valence-corrected chi connectivity index (χ1v) is 3.93. The predicted octanol–water partition coefficient (Wildman–Crippen LogP) is 0.965. The molecule has 1 saturated heterocycles. The Kier molecular flexibility index (Phi) is 2.09. The van der Waals surface area contributed by atoms with Crippen LogP contribution in [0.25, 0.3) is 0 Å². The van der Waals surface area contributed by atoms with Gasteiger partial charge in [-0.15, -0.1) is 0 Å². The molecule has 10 heavy (non-hydrogen) atoms. The van der Waals surface area contributed by atoms with Crippen LogP contribution in [0.15, 0.2) is 0 Å². The molecule has 1 aliphatic heterocycles. The van der Waals surface area contributed by atoms with Crippen molar-refractivity contribution in [1.82, 2.24) is 5.32 Å². The van der Waals surface area contributed by atoms with E-state index in [1.54, 1.807) is 0 Å².